The number of benzene rings is 2. The quantitative estimate of drug-likeness (QED) is 0.379. The van der Waals surface area contributed by atoms with Crippen LogP contribution in [0.5, 0.6) is 17.4 Å². The monoisotopic (exact) mass is 396 g/mol. The molecule has 0 radical (unpaired) electrons. The lowest BCUT2D eigenvalue weighted by Gasteiger charge is -2.10. The molecular formula is C22H24N2O5. The third-order valence-corrected chi connectivity index (χ3v) is 4.10. The lowest BCUT2D eigenvalue weighted by molar-refractivity contribution is -0.143. The number of methoxy groups -OCH3 is 1. The zero-order chi connectivity index (χ0) is 20.5. The van der Waals surface area contributed by atoms with Crippen molar-refractivity contribution in [2.75, 3.05) is 20.3 Å². The standard InChI is InChI=1S/C22H24N2O5/c1-3-27-21(25)9-6-14-28-16-10-12-17(13-11-16)29-15-20-23-19-8-5-4-7-18(19)22(24-20)26-2/h4-5,7-8,10-13H,3,6,9,14-15H2,1-2H3. The number of ether oxygens (including phenoxy) is 4. The van der Waals surface area contributed by atoms with Crippen molar-refractivity contribution in [2.24, 2.45) is 0 Å². The lowest BCUT2D eigenvalue weighted by atomic mass is 10.2. The first-order chi connectivity index (χ1) is 14.2. The van der Waals surface area contributed by atoms with Crippen molar-refractivity contribution >= 4 is 16.9 Å². The molecule has 152 valence electrons. The molecule has 7 nitrogen and oxygen atoms in total. The molecule has 3 rings (SSSR count). The highest BCUT2D eigenvalue weighted by molar-refractivity contribution is 5.83. The molecule has 7 heteroatoms. The van der Waals surface area contributed by atoms with E-state index in [1.165, 1.54) is 0 Å². The van der Waals surface area contributed by atoms with E-state index in [2.05, 4.69) is 9.97 Å². The highest BCUT2D eigenvalue weighted by Gasteiger charge is 2.08. The van der Waals surface area contributed by atoms with E-state index in [0.717, 1.165) is 10.9 Å². The van der Waals surface area contributed by atoms with Gasteiger partial charge in [0.25, 0.3) is 0 Å². The van der Waals surface area contributed by atoms with Gasteiger partial charge < -0.3 is 18.9 Å². The number of rotatable bonds is 10. The van der Waals surface area contributed by atoms with Crippen molar-refractivity contribution < 1.29 is 23.7 Å². The van der Waals surface area contributed by atoms with E-state index in [1.54, 1.807) is 14.0 Å². The molecular weight excluding hydrogens is 372 g/mol. The summed E-state index contributed by atoms with van der Waals surface area (Å²) >= 11 is 0. The Morgan fingerprint density at radius 1 is 0.966 bits per heavy atom. The molecule has 0 saturated heterocycles. The summed E-state index contributed by atoms with van der Waals surface area (Å²) in [6.07, 6.45) is 0.961. The van der Waals surface area contributed by atoms with Gasteiger partial charge in [0.15, 0.2) is 5.82 Å². The number of nitrogens with zero attached hydrogens (tertiary/aromatic N) is 2. The van der Waals surface area contributed by atoms with Gasteiger partial charge in [-0.25, -0.2) is 4.98 Å². The topological polar surface area (TPSA) is 79.8 Å². The zero-order valence-electron chi connectivity index (χ0n) is 16.6. The van der Waals surface area contributed by atoms with Gasteiger partial charge in [-0.1, -0.05) is 12.1 Å². The van der Waals surface area contributed by atoms with Gasteiger partial charge in [0.05, 0.1) is 31.2 Å². The Morgan fingerprint density at radius 2 is 1.69 bits per heavy atom. The first kappa shape index (κ1) is 20.4. The Labute approximate surface area is 169 Å². The lowest BCUT2D eigenvalue weighted by Crippen LogP contribution is -2.06. The summed E-state index contributed by atoms with van der Waals surface area (Å²) in [7, 11) is 1.59. The average Bonchev–Trinajstić information content (AvgIpc) is 2.75. The summed E-state index contributed by atoms with van der Waals surface area (Å²) in [4.78, 5) is 20.2. The second-order valence-electron chi connectivity index (χ2n) is 6.18. The van der Waals surface area contributed by atoms with Crippen molar-refractivity contribution in [3.05, 3.63) is 54.4 Å². The van der Waals surface area contributed by atoms with Crippen LogP contribution < -0.4 is 14.2 Å². The van der Waals surface area contributed by atoms with E-state index in [4.69, 9.17) is 18.9 Å². The number of hydrogen-bond acceptors (Lipinski definition) is 7. The third-order valence-electron chi connectivity index (χ3n) is 4.10. The maximum atomic E-state index is 11.3. The van der Waals surface area contributed by atoms with Gasteiger partial charge in [0.2, 0.25) is 5.88 Å². The fourth-order valence-electron chi connectivity index (χ4n) is 2.73. The second kappa shape index (κ2) is 10.3. The van der Waals surface area contributed by atoms with Gasteiger partial charge in [-0.2, -0.15) is 4.98 Å². The summed E-state index contributed by atoms with van der Waals surface area (Å²) in [6.45, 7) is 2.86. The number of fused-ring (bicyclic) bond motifs is 1. The molecule has 0 spiro atoms. The summed E-state index contributed by atoms with van der Waals surface area (Å²) in [5.74, 6) is 2.26. The normalized spacial score (nSPS) is 10.6. The van der Waals surface area contributed by atoms with Crippen molar-refractivity contribution in [2.45, 2.75) is 26.4 Å². The smallest absolute Gasteiger partial charge is 0.305 e. The van der Waals surface area contributed by atoms with Crippen molar-refractivity contribution in [3.8, 4) is 17.4 Å². The predicted molar refractivity (Wildman–Crippen MR) is 108 cm³/mol. The Kier molecular flexibility index (Phi) is 7.22. The Balaban J connectivity index is 1.51. The van der Waals surface area contributed by atoms with Crippen LogP contribution in [0.15, 0.2) is 48.5 Å². The van der Waals surface area contributed by atoms with Crippen molar-refractivity contribution in [1.82, 2.24) is 9.97 Å². The number of esters is 1. The van der Waals surface area contributed by atoms with Crippen LogP contribution in [-0.4, -0.2) is 36.3 Å². The summed E-state index contributed by atoms with van der Waals surface area (Å²) in [6, 6.07) is 15.0. The minimum Gasteiger partial charge on any atom is -0.494 e. The molecule has 0 atom stereocenters. The van der Waals surface area contributed by atoms with E-state index in [1.807, 2.05) is 48.5 Å². The third kappa shape index (κ3) is 5.81. The molecule has 0 amide bonds. The molecule has 2 aromatic carbocycles. The molecule has 0 unspecified atom stereocenters. The molecule has 0 aliphatic rings. The van der Waals surface area contributed by atoms with Gasteiger partial charge in [0.1, 0.15) is 18.1 Å². The molecule has 0 bridgehead atoms. The van der Waals surface area contributed by atoms with Crippen LogP contribution in [0.1, 0.15) is 25.6 Å². The van der Waals surface area contributed by atoms with Crippen LogP contribution >= 0.6 is 0 Å². The van der Waals surface area contributed by atoms with E-state index < -0.39 is 0 Å². The van der Waals surface area contributed by atoms with E-state index >= 15 is 0 Å². The number of aromatic nitrogens is 2. The Bertz CT molecular complexity index is 944. The second-order valence-corrected chi connectivity index (χ2v) is 6.18. The molecule has 1 heterocycles. The van der Waals surface area contributed by atoms with Crippen LogP contribution in [0.3, 0.4) is 0 Å². The fraction of sp³-hybridized carbons (Fsp3) is 0.318. The van der Waals surface area contributed by atoms with Gasteiger partial charge in [0, 0.05) is 6.42 Å². The predicted octanol–water partition coefficient (Wildman–Crippen LogP) is 3.94. The number of hydrogen-bond donors (Lipinski definition) is 0. The van der Waals surface area contributed by atoms with Crippen LogP contribution in [0, 0.1) is 0 Å². The highest BCUT2D eigenvalue weighted by atomic mass is 16.5. The molecule has 0 N–H and O–H groups in total. The average molecular weight is 396 g/mol. The first-order valence-corrected chi connectivity index (χ1v) is 9.50. The van der Waals surface area contributed by atoms with Crippen molar-refractivity contribution in [3.63, 3.8) is 0 Å². The molecule has 0 saturated carbocycles. The summed E-state index contributed by atoms with van der Waals surface area (Å²) in [5.41, 5.74) is 0.810. The van der Waals surface area contributed by atoms with E-state index in [-0.39, 0.29) is 12.6 Å². The van der Waals surface area contributed by atoms with Gasteiger partial charge in [-0.3, -0.25) is 4.79 Å². The highest BCUT2D eigenvalue weighted by Crippen LogP contribution is 2.23. The van der Waals surface area contributed by atoms with Gasteiger partial charge in [-0.15, -0.1) is 0 Å². The summed E-state index contributed by atoms with van der Waals surface area (Å²) < 4.78 is 21.6. The van der Waals surface area contributed by atoms with Crippen LogP contribution in [-0.2, 0) is 16.1 Å². The minimum atomic E-state index is -0.201. The number of carbonyl (C=O) groups is 1. The first-order valence-electron chi connectivity index (χ1n) is 9.50. The Hall–Kier alpha value is -3.35. The SMILES string of the molecule is CCOC(=O)CCCOc1ccc(OCc2nc(OC)c3ccccc3n2)cc1. The Morgan fingerprint density at radius 3 is 2.41 bits per heavy atom. The zero-order valence-corrected chi connectivity index (χ0v) is 16.6. The van der Waals surface area contributed by atoms with Crippen LogP contribution in [0.2, 0.25) is 0 Å². The number of carbonyl (C=O) groups excluding carboxylic acids is 1. The minimum absolute atomic E-state index is 0.201. The van der Waals surface area contributed by atoms with Crippen LogP contribution in [0.4, 0.5) is 0 Å². The molecule has 0 aliphatic heterocycles. The van der Waals surface area contributed by atoms with Crippen LogP contribution in [0.25, 0.3) is 10.9 Å². The molecule has 0 fully saturated rings. The van der Waals surface area contributed by atoms with Gasteiger partial charge in [-0.05, 0) is 49.7 Å². The molecule has 29 heavy (non-hydrogen) atoms. The van der Waals surface area contributed by atoms with Gasteiger partial charge >= 0.3 is 5.97 Å². The number of para-hydroxylation sites is 1. The molecule has 1 aromatic heterocycles. The maximum absolute atomic E-state index is 11.3. The molecule has 3 aromatic rings. The fourth-order valence-corrected chi connectivity index (χ4v) is 2.73. The van der Waals surface area contributed by atoms with E-state index in [0.29, 0.717) is 49.3 Å². The molecule has 0 aliphatic carbocycles. The van der Waals surface area contributed by atoms with E-state index in [9.17, 15) is 4.79 Å². The maximum Gasteiger partial charge on any atom is 0.305 e. The van der Waals surface area contributed by atoms with Crippen molar-refractivity contribution in [1.29, 1.82) is 0 Å². The largest absolute Gasteiger partial charge is 0.494 e. The summed E-state index contributed by atoms with van der Waals surface area (Å²) in [5, 5.41) is 0.864.